The number of nitrogens with zero attached hydrogens (tertiary/aromatic N) is 2. The van der Waals surface area contributed by atoms with Crippen molar-refractivity contribution in [1.29, 1.82) is 0 Å². The Hall–Kier alpha value is -0.780. The van der Waals surface area contributed by atoms with E-state index in [1.807, 2.05) is 24.3 Å². The Bertz CT molecular complexity index is 603. The van der Waals surface area contributed by atoms with Gasteiger partial charge in [-0.05, 0) is 45.7 Å². The van der Waals surface area contributed by atoms with Crippen LogP contribution < -0.4 is 0 Å². The third-order valence-electron chi connectivity index (χ3n) is 4.06. The summed E-state index contributed by atoms with van der Waals surface area (Å²) in [5, 5.41) is 0. The lowest BCUT2D eigenvalue weighted by molar-refractivity contribution is 0.181. The normalized spacial score (nSPS) is 15.5. The minimum absolute atomic E-state index is 0.113. The van der Waals surface area contributed by atoms with Crippen LogP contribution in [0.2, 0.25) is 0 Å². The average Bonchev–Trinajstić information content (AvgIpc) is 2.90. The molecule has 1 heterocycles. The molecule has 0 spiro atoms. The first-order valence-corrected chi connectivity index (χ1v) is 9.39. The fourth-order valence-electron chi connectivity index (χ4n) is 2.32. The Morgan fingerprint density at radius 2 is 2.00 bits per heavy atom. The fraction of sp³-hybridized carbons (Fsp3) is 0.562. The molecule has 21 heavy (non-hydrogen) atoms. The highest BCUT2D eigenvalue weighted by Gasteiger charge is 2.35. The zero-order valence-electron chi connectivity index (χ0n) is 13.4. The van der Waals surface area contributed by atoms with Gasteiger partial charge in [0.05, 0.1) is 10.2 Å². The van der Waals surface area contributed by atoms with Crippen molar-refractivity contribution in [3.63, 3.8) is 0 Å². The largest absolute Gasteiger partial charge is 0.235 e. The predicted molar refractivity (Wildman–Crippen MR) is 92.0 cm³/mol. The number of rotatable bonds is 6. The summed E-state index contributed by atoms with van der Waals surface area (Å²) in [6.45, 7) is 10.7. The van der Waals surface area contributed by atoms with Gasteiger partial charge in [0.1, 0.15) is 0 Å². The standard InChI is InChI=1S/C16H24N2OS2/c1-6-12(3)18(16(4,5)7-2)21(19)15-17-13-10-8-9-11-14(13)20-15/h8-12H,6-7H2,1-5H3. The number of hydrogen-bond acceptors (Lipinski definition) is 3. The second-order valence-electron chi connectivity index (χ2n) is 5.95. The zero-order valence-corrected chi connectivity index (χ0v) is 15.1. The molecule has 0 N–H and O–H groups in total. The van der Waals surface area contributed by atoms with Crippen LogP contribution in [0.25, 0.3) is 10.2 Å². The van der Waals surface area contributed by atoms with Crippen LogP contribution in [-0.2, 0) is 11.0 Å². The Morgan fingerprint density at radius 3 is 2.57 bits per heavy atom. The smallest absolute Gasteiger partial charge is 0.197 e. The van der Waals surface area contributed by atoms with Gasteiger partial charge < -0.3 is 0 Å². The van der Waals surface area contributed by atoms with E-state index in [0.717, 1.165) is 23.1 Å². The summed E-state index contributed by atoms with van der Waals surface area (Å²) in [5.41, 5.74) is 0.822. The number of para-hydroxylation sites is 1. The number of thiazole rings is 1. The van der Waals surface area contributed by atoms with Gasteiger partial charge in [-0.15, -0.1) is 11.3 Å². The van der Waals surface area contributed by atoms with E-state index >= 15 is 0 Å². The van der Waals surface area contributed by atoms with Gasteiger partial charge in [-0.1, -0.05) is 26.0 Å². The Balaban J connectivity index is 2.42. The molecule has 0 aliphatic rings. The average molecular weight is 325 g/mol. The summed E-state index contributed by atoms with van der Waals surface area (Å²) >= 11 is 1.54. The number of benzene rings is 1. The van der Waals surface area contributed by atoms with E-state index in [2.05, 4.69) is 43.9 Å². The number of fused-ring (bicyclic) bond motifs is 1. The minimum Gasteiger partial charge on any atom is -0.235 e. The van der Waals surface area contributed by atoms with E-state index in [1.165, 1.54) is 11.3 Å². The van der Waals surface area contributed by atoms with Crippen molar-refractivity contribution in [3.05, 3.63) is 24.3 Å². The fourth-order valence-corrected chi connectivity index (χ4v) is 5.21. The quantitative estimate of drug-likeness (QED) is 0.777. The Labute approximate surface area is 134 Å². The molecule has 0 radical (unpaired) electrons. The van der Waals surface area contributed by atoms with Gasteiger partial charge in [0.15, 0.2) is 15.3 Å². The first kappa shape index (κ1) is 16.6. The van der Waals surface area contributed by atoms with Crippen molar-refractivity contribution in [3.8, 4) is 0 Å². The predicted octanol–water partition coefficient (Wildman–Crippen LogP) is 4.61. The molecular weight excluding hydrogens is 300 g/mol. The second-order valence-corrected chi connectivity index (χ2v) is 8.51. The van der Waals surface area contributed by atoms with Crippen molar-refractivity contribution in [2.75, 3.05) is 0 Å². The van der Waals surface area contributed by atoms with Crippen LogP contribution in [0.3, 0.4) is 0 Å². The molecule has 2 rings (SSSR count). The molecular formula is C16H24N2OS2. The van der Waals surface area contributed by atoms with Crippen molar-refractivity contribution >= 4 is 32.5 Å². The second kappa shape index (κ2) is 6.55. The highest BCUT2D eigenvalue weighted by atomic mass is 32.2. The first-order chi connectivity index (χ1) is 9.90. The maximum absolute atomic E-state index is 13.1. The van der Waals surface area contributed by atoms with Crippen molar-refractivity contribution in [2.45, 2.75) is 63.4 Å². The molecule has 2 unspecified atom stereocenters. The summed E-state index contributed by atoms with van der Waals surface area (Å²) in [6.07, 6.45) is 1.92. The molecule has 2 atom stereocenters. The van der Waals surface area contributed by atoms with Crippen LogP contribution in [0.4, 0.5) is 0 Å². The highest BCUT2D eigenvalue weighted by Crippen LogP contribution is 2.31. The third-order valence-corrected chi connectivity index (χ3v) is 7.17. The van der Waals surface area contributed by atoms with Crippen LogP contribution in [0.1, 0.15) is 47.5 Å². The lowest BCUT2D eigenvalue weighted by atomic mass is 10.0. The van der Waals surface area contributed by atoms with Gasteiger partial charge in [0, 0.05) is 11.6 Å². The Morgan fingerprint density at radius 1 is 1.33 bits per heavy atom. The molecule has 1 aromatic carbocycles. The minimum atomic E-state index is -1.21. The lowest BCUT2D eigenvalue weighted by Crippen LogP contribution is -2.49. The van der Waals surface area contributed by atoms with Crippen molar-refractivity contribution in [1.82, 2.24) is 9.29 Å². The van der Waals surface area contributed by atoms with Gasteiger partial charge in [-0.3, -0.25) is 0 Å². The summed E-state index contributed by atoms with van der Waals surface area (Å²) in [6, 6.07) is 8.23. The van der Waals surface area contributed by atoms with Gasteiger partial charge in [-0.25, -0.2) is 13.5 Å². The van der Waals surface area contributed by atoms with E-state index in [1.54, 1.807) is 0 Å². The van der Waals surface area contributed by atoms with Crippen molar-refractivity contribution < 1.29 is 4.21 Å². The van der Waals surface area contributed by atoms with Gasteiger partial charge in [0.2, 0.25) is 0 Å². The number of hydrogen-bond donors (Lipinski definition) is 0. The van der Waals surface area contributed by atoms with Gasteiger partial charge in [-0.2, -0.15) is 0 Å². The molecule has 0 aliphatic carbocycles. The van der Waals surface area contributed by atoms with Crippen LogP contribution in [0, 0.1) is 0 Å². The molecule has 3 nitrogen and oxygen atoms in total. The molecule has 0 amide bonds. The summed E-state index contributed by atoms with van der Waals surface area (Å²) in [4.78, 5) is 4.57. The molecule has 0 saturated carbocycles. The summed E-state index contributed by atoms with van der Waals surface area (Å²) < 4.78 is 17.0. The van der Waals surface area contributed by atoms with E-state index in [9.17, 15) is 4.21 Å². The van der Waals surface area contributed by atoms with Crippen LogP contribution in [0.15, 0.2) is 28.6 Å². The molecule has 5 heteroatoms. The summed E-state index contributed by atoms with van der Waals surface area (Å²) in [7, 11) is -1.21. The monoisotopic (exact) mass is 324 g/mol. The lowest BCUT2D eigenvalue weighted by Gasteiger charge is -2.39. The van der Waals surface area contributed by atoms with E-state index in [-0.39, 0.29) is 11.6 Å². The van der Waals surface area contributed by atoms with E-state index in [4.69, 9.17) is 0 Å². The molecule has 0 fully saturated rings. The van der Waals surface area contributed by atoms with Crippen LogP contribution in [0.5, 0.6) is 0 Å². The number of aromatic nitrogens is 1. The van der Waals surface area contributed by atoms with Crippen LogP contribution >= 0.6 is 11.3 Å². The highest BCUT2D eigenvalue weighted by molar-refractivity contribution is 7.85. The molecule has 116 valence electrons. The molecule has 0 aliphatic heterocycles. The van der Waals surface area contributed by atoms with Crippen molar-refractivity contribution in [2.24, 2.45) is 0 Å². The maximum atomic E-state index is 13.1. The Kier molecular flexibility index (Phi) is 5.17. The topological polar surface area (TPSA) is 33.2 Å². The summed E-state index contributed by atoms with van der Waals surface area (Å²) in [5.74, 6) is 0. The molecule has 1 aromatic heterocycles. The van der Waals surface area contributed by atoms with Gasteiger partial charge >= 0.3 is 0 Å². The zero-order chi connectivity index (χ0) is 15.6. The SMILES string of the molecule is CCC(C)N(S(=O)c1nc2ccccc2s1)C(C)(C)CC. The maximum Gasteiger partial charge on any atom is 0.197 e. The molecule has 0 bridgehead atoms. The molecule has 2 aromatic rings. The van der Waals surface area contributed by atoms with E-state index in [0.29, 0.717) is 4.34 Å². The van der Waals surface area contributed by atoms with Crippen LogP contribution in [-0.4, -0.2) is 25.1 Å². The third kappa shape index (κ3) is 3.35. The van der Waals surface area contributed by atoms with Gasteiger partial charge in [0.25, 0.3) is 0 Å². The first-order valence-electron chi connectivity index (χ1n) is 7.47. The molecule has 0 saturated heterocycles. The van der Waals surface area contributed by atoms with E-state index < -0.39 is 11.0 Å².